The molecule has 0 unspecified atom stereocenters. The van der Waals surface area contributed by atoms with Gasteiger partial charge in [-0.15, -0.1) is 0 Å². The SMILES string of the molecule is CN(C)c1ccc(C(=O)c2cc3ccccc3c(-c3c(O)c(C(=O)c4ccc(N(C)C)cc4)cc4ccccc34)c2O)cc1. The molecular weight excluding hydrogens is 548 g/mol. The summed E-state index contributed by atoms with van der Waals surface area (Å²) in [6, 6.07) is 32.5. The van der Waals surface area contributed by atoms with Gasteiger partial charge in [0.05, 0.1) is 11.1 Å². The number of carbonyl (C=O) groups is 2. The number of ketones is 2. The molecule has 0 aliphatic carbocycles. The molecule has 0 spiro atoms. The van der Waals surface area contributed by atoms with Gasteiger partial charge in [0.2, 0.25) is 0 Å². The summed E-state index contributed by atoms with van der Waals surface area (Å²) in [7, 11) is 7.69. The van der Waals surface area contributed by atoms with Crippen LogP contribution in [0.5, 0.6) is 11.5 Å². The second-order valence-electron chi connectivity index (χ2n) is 11.3. The highest BCUT2D eigenvalue weighted by atomic mass is 16.3. The zero-order valence-electron chi connectivity index (χ0n) is 25.0. The summed E-state index contributed by atoms with van der Waals surface area (Å²) in [6.07, 6.45) is 0. The van der Waals surface area contributed by atoms with Gasteiger partial charge >= 0.3 is 0 Å². The van der Waals surface area contributed by atoms with Crippen molar-refractivity contribution in [2.75, 3.05) is 38.0 Å². The van der Waals surface area contributed by atoms with Crippen molar-refractivity contribution in [3.63, 3.8) is 0 Å². The maximum absolute atomic E-state index is 13.9. The predicted molar refractivity (Wildman–Crippen MR) is 179 cm³/mol. The van der Waals surface area contributed by atoms with Gasteiger partial charge < -0.3 is 20.0 Å². The van der Waals surface area contributed by atoms with Gasteiger partial charge in [-0.1, -0.05) is 48.5 Å². The van der Waals surface area contributed by atoms with Crippen molar-refractivity contribution in [2.24, 2.45) is 0 Å². The van der Waals surface area contributed by atoms with Gasteiger partial charge in [0, 0.05) is 61.8 Å². The molecule has 0 bridgehead atoms. The third-order valence-corrected chi connectivity index (χ3v) is 8.07. The molecule has 44 heavy (non-hydrogen) atoms. The molecule has 0 aliphatic heterocycles. The Hall–Kier alpha value is -5.62. The summed E-state index contributed by atoms with van der Waals surface area (Å²) in [5.74, 6) is -1.22. The van der Waals surface area contributed by atoms with Crippen molar-refractivity contribution >= 4 is 44.5 Å². The Labute approximate surface area is 256 Å². The minimum atomic E-state index is -0.350. The maximum Gasteiger partial charge on any atom is 0.196 e. The first-order valence-electron chi connectivity index (χ1n) is 14.3. The molecule has 0 saturated carbocycles. The highest BCUT2D eigenvalue weighted by Gasteiger charge is 2.27. The number of phenols is 2. The summed E-state index contributed by atoms with van der Waals surface area (Å²) in [5.41, 5.74) is 3.54. The number of anilines is 2. The topological polar surface area (TPSA) is 81.1 Å². The molecule has 6 nitrogen and oxygen atoms in total. The van der Waals surface area contributed by atoms with Crippen LogP contribution in [0.25, 0.3) is 32.7 Å². The van der Waals surface area contributed by atoms with Crippen LogP contribution in [0.2, 0.25) is 0 Å². The van der Waals surface area contributed by atoms with Crippen molar-refractivity contribution in [1.29, 1.82) is 0 Å². The number of hydrogen-bond acceptors (Lipinski definition) is 6. The number of hydrogen-bond donors (Lipinski definition) is 2. The Balaban J connectivity index is 1.60. The average molecular weight is 581 g/mol. The lowest BCUT2D eigenvalue weighted by Gasteiger charge is -2.19. The normalized spacial score (nSPS) is 11.1. The van der Waals surface area contributed by atoms with Crippen LogP contribution in [-0.2, 0) is 0 Å². The van der Waals surface area contributed by atoms with E-state index in [0.29, 0.717) is 43.8 Å². The molecule has 0 heterocycles. The van der Waals surface area contributed by atoms with Gasteiger partial charge in [0.25, 0.3) is 0 Å². The first kappa shape index (κ1) is 28.5. The van der Waals surface area contributed by atoms with E-state index in [2.05, 4.69) is 0 Å². The van der Waals surface area contributed by atoms with E-state index in [-0.39, 0.29) is 34.2 Å². The highest BCUT2D eigenvalue weighted by Crippen LogP contribution is 2.48. The molecule has 0 radical (unpaired) electrons. The van der Waals surface area contributed by atoms with Crippen molar-refractivity contribution in [1.82, 2.24) is 0 Å². The molecule has 6 rings (SSSR count). The molecule has 0 atom stereocenters. The molecule has 6 aromatic carbocycles. The lowest BCUT2D eigenvalue weighted by atomic mass is 9.86. The first-order valence-corrected chi connectivity index (χ1v) is 14.3. The third-order valence-electron chi connectivity index (χ3n) is 8.07. The first-order chi connectivity index (χ1) is 21.2. The zero-order chi connectivity index (χ0) is 31.1. The van der Waals surface area contributed by atoms with Crippen LogP contribution in [0.1, 0.15) is 31.8 Å². The predicted octanol–water partition coefficient (Wildman–Crippen LogP) is 7.67. The number of phenolic OH excluding ortho intramolecular Hbond substituents is 2. The van der Waals surface area contributed by atoms with Gasteiger partial charge in [-0.25, -0.2) is 0 Å². The third kappa shape index (κ3) is 4.90. The van der Waals surface area contributed by atoms with E-state index >= 15 is 0 Å². The van der Waals surface area contributed by atoms with Crippen molar-refractivity contribution in [3.05, 3.63) is 131 Å². The molecule has 0 saturated heterocycles. The number of fused-ring (bicyclic) bond motifs is 2. The van der Waals surface area contributed by atoms with E-state index in [1.54, 1.807) is 36.4 Å². The van der Waals surface area contributed by atoms with Gasteiger partial charge in [-0.2, -0.15) is 0 Å². The van der Waals surface area contributed by atoms with Crippen molar-refractivity contribution in [2.45, 2.75) is 0 Å². The molecular formula is C38H32N2O4. The molecule has 6 heteroatoms. The summed E-state index contributed by atoms with van der Waals surface area (Å²) >= 11 is 0. The number of rotatable bonds is 7. The number of nitrogens with zero attached hydrogens (tertiary/aromatic N) is 2. The second kappa shape index (κ2) is 11.2. The second-order valence-corrected chi connectivity index (χ2v) is 11.3. The van der Waals surface area contributed by atoms with E-state index in [1.165, 1.54) is 0 Å². The summed E-state index contributed by atoms with van der Waals surface area (Å²) in [4.78, 5) is 31.6. The number of benzene rings is 6. The Kier molecular flexibility index (Phi) is 7.27. The van der Waals surface area contributed by atoms with Crippen LogP contribution >= 0.6 is 0 Å². The Morgan fingerprint density at radius 2 is 0.841 bits per heavy atom. The molecule has 2 N–H and O–H groups in total. The van der Waals surface area contributed by atoms with Crippen molar-refractivity contribution in [3.8, 4) is 22.6 Å². The highest BCUT2D eigenvalue weighted by molar-refractivity contribution is 6.21. The smallest absolute Gasteiger partial charge is 0.196 e. The lowest BCUT2D eigenvalue weighted by molar-refractivity contribution is 0.102. The fourth-order valence-electron chi connectivity index (χ4n) is 5.66. The minimum absolute atomic E-state index is 0.107. The largest absolute Gasteiger partial charge is 0.507 e. The molecule has 6 aromatic rings. The fourth-order valence-corrected chi connectivity index (χ4v) is 5.66. The number of carbonyl (C=O) groups excluding carboxylic acids is 2. The van der Waals surface area contributed by atoms with Crippen LogP contribution in [-0.4, -0.2) is 50.0 Å². The Morgan fingerprint density at radius 1 is 0.500 bits per heavy atom. The Bertz CT molecular complexity index is 1910. The number of aromatic hydroxyl groups is 2. The van der Waals surface area contributed by atoms with Gasteiger partial charge in [-0.05, 0) is 82.2 Å². The van der Waals surface area contributed by atoms with Gasteiger partial charge in [-0.3, -0.25) is 9.59 Å². The standard InChI is InChI=1S/C38H32N2O4/c1-39(2)27-17-13-23(14-18-27)35(41)31-21-25-9-5-7-11-29(25)33(37(31)43)34-30-12-8-6-10-26(30)22-32(38(34)44)36(42)24-15-19-28(20-16-24)40(3)4/h5-22,43-44H,1-4H3. The van der Waals surface area contributed by atoms with Gasteiger partial charge in [0.1, 0.15) is 11.5 Å². The molecule has 218 valence electrons. The monoisotopic (exact) mass is 580 g/mol. The van der Waals surface area contributed by atoms with Crippen LogP contribution in [0.4, 0.5) is 11.4 Å². The van der Waals surface area contributed by atoms with E-state index in [1.807, 2.05) is 111 Å². The minimum Gasteiger partial charge on any atom is -0.507 e. The lowest BCUT2D eigenvalue weighted by Crippen LogP contribution is -2.09. The van der Waals surface area contributed by atoms with Crippen molar-refractivity contribution < 1.29 is 19.8 Å². The Morgan fingerprint density at radius 3 is 1.18 bits per heavy atom. The van der Waals surface area contributed by atoms with E-state index < -0.39 is 0 Å². The van der Waals surface area contributed by atoms with E-state index in [4.69, 9.17) is 0 Å². The summed E-state index contributed by atoms with van der Waals surface area (Å²) < 4.78 is 0. The van der Waals surface area contributed by atoms with Gasteiger partial charge in [0.15, 0.2) is 11.6 Å². The average Bonchev–Trinajstić information content (AvgIpc) is 3.04. The zero-order valence-corrected chi connectivity index (χ0v) is 25.0. The van der Waals surface area contributed by atoms with Crippen LogP contribution in [0.3, 0.4) is 0 Å². The summed E-state index contributed by atoms with van der Waals surface area (Å²) in [6.45, 7) is 0. The van der Waals surface area contributed by atoms with Crippen LogP contribution in [0.15, 0.2) is 109 Å². The molecule has 0 fully saturated rings. The van der Waals surface area contributed by atoms with Crippen LogP contribution in [0, 0.1) is 0 Å². The van der Waals surface area contributed by atoms with Crippen LogP contribution < -0.4 is 9.80 Å². The molecule has 0 amide bonds. The fraction of sp³-hybridized carbons (Fsp3) is 0.105. The van der Waals surface area contributed by atoms with E-state index in [9.17, 15) is 19.8 Å². The maximum atomic E-state index is 13.9. The molecule has 0 aromatic heterocycles. The molecule has 0 aliphatic rings. The quantitative estimate of drug-likeness (QED) is 0.189. The summed E-state index contributed by atoms with van der Waals surface area (Å²) in [5, 5.41) is 26.5. The van der Waals surface area contributed by atoms with E-state index in [0.717, 1.165) is 11.4 Å².